The minimum Gasteiger partial charge on any atom is -0.503 e. The number of thioether (sulfide) groups is 1. The van der Waals surface area contributed by atoms with E-state index in [1.807, 2.05) is 30.3 Å². The van der Waals surface area contributed by atoms with Crippen molar-refractivity contribution < 1.29 is 23.8 Å². The molecule has 0 spiro atoms. The standard InChI is InChI=1S/C32H28FN3O4S2/c1-2-3-19-40-24-16-14-22(15-17-24)28-27(26(37)18-13-21-9-5-4-6-10-21)29(38)30(39)36(28)31-34-35-32(42-31)41-20-23-11-7-8-12-25(23)33/h4-18,28,38H,2-3,19-20H2,1H3/b18-13+. The largest absolute Gasteiger partial charge is 0.503 e. The third-order valence-electron chi connectivity index (χ3n) is 6.57. The lowest BCUT2D eigenvalue weighted by Gasteiger charge is -2.24. The van der Waals surface area contributed by atoms with Gasteiger partial charge in [0.1, 0.15) is 11.6 Å². The van der Waals surface area contributed by atoms with Crippen molar-refractivity contribution in [1.82, 2.24) is 10.2 Å². The summed E-state index contributed by atoms with van der Waals surface area (Å²) < 4.78 is 20.4. The van der Waals surface area contributed by atoms with Gasteiger partial charge >= 0.3 is 0 Å². The molecule has 0 bridgehead atoms. The van der Waals surface area contributed by atoms with Crippen LogP contribution < -0.4 is 9.64 Å². The molecule has 3 aromatic carbocycles. The van der Waals surface area contributed by atoms with Gasteiger partial charge in [-0.25, -0.2) is 4.39 Å². The van der Waals surface area contributed by atoms with Crippen LogP contribution in [0.4, 0.5) is 9.52 Å². The first-order valence-corrected chi connectivity index (χ1v) is 15.2. The van der Waals surface area contributed by atoms with E-state index in [4.69, 9.17) is 4.74 Å². The second-order valence-electron chi connectivity index (χ2n) is 9.45. The highest BCUT2D eigenvalue weighted by atomic mass is 32.2. The highest BCUT2D eigenvalue weighted by molar-refractivity contribution is 8.00. The second kappa shape index (κ2) is 13.6. The molecule has 2 heterocycles. The number of allylic oxidation sites excluding steroid dienone is 1. The van der Waals surface area contributed by atoms with E-state index < -0.39 is 23.5 Å². The molecule has 1 amide bonds. The molecular formula is C32H28FN3O4S2. The number of amides is 1. The lowest BCUT2D eigenvalue weighted by molar-refractivity contribution is -0.117. The lowest BCUT2D eigenvalue weighted by atomic mass is 9.95. The summed E-state index contributed by atoms with van der Waals surface area (Å²) in [6, 6.07) is 21.9. The van der Waals surface area contributed by atoms with Crippen LogP contribution in [0.1, 0.15) is 42.5 Å². The van der Waals surface area contributed by atoms with E-state index in [-0.39, 0.29) is 16.5 Å². The first-order valence-electron chi connectivity index (χ1n) is 13.4. The van der Waals surface area contributed by atoms with Crippen molar-refractivity contribution in [2.24, 2.45) is 0 Å². The van der Waals surface area contributed by atoms with Gasteiger partial charge in [-0.2, -0.15) is 0 Å². The van der Waals surface area contributed by atoms with Gasteiger partial charge < -0.3 is 9.84 Å². The number of carbonyl (C=O) groups is 2. The van der Waals surface area contributed by atoms with E-state index in [1.54, 1.807) is 48.5 Å². The molecule has 0 fully saturated rings. The van der Waals surface area contributed by atoms with Crippen LogP contribution >= 0.6 is 23.1 Å². The summed E-state index contributed by atoms with van der Waals surface area (Å²) in [6.45, 7) is 2.66. The van der Waals surface area contributed by atoms with Crippen molar-refractivity contribution in [1.29, 1.82) is 0 Å². The fraction of sp³-hybridized carbons (Fsp3) is 0.188. The smallest absolute Gasteiger partial charge is 0.296 e. The topological polar surface area (TPSA) is 92.6 Å². The van der Waals surface area contributed by atoms with E-state index in [0.717, 1.165) is 29.7 Å². The summed E-state index contributed by atoms with van der Waals surface area (Å²) in [6.07, 6.45) is 4.91. The van der Waals surface area contributed by atoms with Gasteiger partial charge in [-0.15, -0.1) is 10.2 Å². The Balaban J connectivity index is 1.45. The molecule has 10 heteroatoms. The number of halogens is 1. The molecule has 0 radical (unpaired) electrons. The number of unbranched alkanes of at least 4 members (excludes halogenated alkanes) is 1. The molecule has 0 saturated carbocycles. The van der Waals surface area contributed by atoms with Crippen LogP contribution in [0.3, 0.4) is 0 Å². The number of hydrogen-bond acceptors (Lipinski definition) is 8. The predicted molar refractivity (Wildman–Crippen MR) is 163 cm³/mol. The first-order chi connectivity index (χ1) is 20.5. The van der Waals surface area contributed by atoms with Crippen LogP contribution in [-0.4, -0.2) is 33.6 Å². The summed E-state index contributed by atoms with van der Waals surface area (Å²) in [4.78, 5) is 28.2. The molecular weight excluding hydrogens is 574 g/mol. The number of aliphatic hydroxyl groups is 1. The molecule has 1 aliphatic rings. The number of nitrogens with zero attached hydrogens (tertiary/aromatic N) is 3. The monoisotopic (exact) mass is 601 g/mol. The summed E-state index contributed by atoms with van der Waals surface area (Å²) in [5.74, 6) is -1.21. The van der Waals surface area contributed by atoms with E-state index >= 15 is 0 Å². The molecule has 5 rings (SSSR count). The van der Waals surface area contributed by atoms with Gasteiger partial charge in [0.2, 0.25) is 5.13 Å². The van der Waals surface area contributed by atoms with Gasteiger partial charge in [0.15, 0.2) is 15.9 Å². The molecule has 1 atom stereocenters. The number of ether oxygens (including phenoxy) is 1. The van der Waals surface area contributed by atoms with Crippen LogP contribution in [-0.2, 0) is 15.3 Å². The fourth-order valence-electron chi connectivity index (χ4n) is 4.39. The van der Waals surface area contributed by atoms with E-state index in [0.29, 0.717) is 33.6 Å². The zero-order chi connectivity index (χ0) is 29.5. The van der Waals surface area contributed by atoms with E-state index in [2.05, 4.69) is 17.1 Å². The Morgan fingerprint density at radius 3 is 2.55 bits per heavy atom. The maximum absolute atomic E-state index is 14.1. The SMILES string of the molecule is CCCCOc1ccc(C2C(C(=O)/C=C/c3ccccc3)=C(O)C(=O)N2c2nnc(SCc3ccccc3F)s2)cc1. The Morgan fingerprint density at radius 1 is 1.07 bits per heavy atom. The number of anilines is 1. The van der Waals surface area contributed by atoms with Crippen molar-refractivity contribution in [2.45, 2.75) is 35.9 Å². The average Bonchev–Trinajstić information content (AvgIpc) is 3.58. The Bertz CT molecular complexity index is 1620. The molecule has 1 N–H and O–H groups in total. The van der Waals surface area contributed by atoms with Crippen molar-refractivity contribution in [3.63, 3.8) is 0 Å². The number of aromatic nitrogens is 2. The summed E-state index contributed by atoms with van der Waals surface area (Å²) >= 11 is 2.42. The Morgan fingerprint density at radius 2 is 1.81 bits per heavy atom. The van der Waals surface area contributed by atoms with Gasteiger partial charge in [0, 0.05) is 5.75 Å². The number of benzene rings is 3. The predicted octanol–water partition coefficient (Wildman–Crippen LogP) is 7.33. The van der Waals surface area contributed by atoms with Gasteiger partial charge in [-0.05, 0) is 47.4 Å². The number of carbonyl (C=O) groups excluding carboxylic acids is 2. The minimum atomic E-state index is -0.938. The number of hydrogen-bond donors (Lipinski definition) is 1. The average molecular weight is 602 g/mol. The summed E-state index contributed by atoms with van der Waals surface area (Å²) in [7, 11) is 0. The Labute approximate surface area is 251 Å². The molecule has 0 aliphatic carbocycles. The van der Waals surface area contributed by atoms with Crippen LogP contribution in [0.2, 0.25) is 0 Å². The normalized spacial score (nSPS) is 15.1. The Kier molecular flexibility index (Phi) is 9.45. The molecule has 7 nitrogen and oxygen atoms in total. The maximum atomic E-state index is 14.1. The lowest BCUT2D eigenvalue weighted by Crippen LogP contribution is -2.30. The van der Waals surface area contributed by atoms with E-state index in [1.165, 1.54) is 28.8 Å². The highest BCUT2D eigenvalue weighted by Crippen LogP contribution is 2.43. The molecule has 42 heavy (non-hydrogen) atoms. The molecule has 214 valence electrons. The Hall–Kier alpha value is -4.28. The zero-order valence-electron chi connectivity index (χ0n) is 22.8. The van der Waals surface area contributed by atoms with Gasteiger partial charge in [-0.3, -0.25) is 14.5 Å². The van der Waals surface area contributed by atoms with Crippen molar-refractivity contribution in [3.8, 4) is 5.75 Å². The van der Waals surface area contributed by atoms with Gasteiger partial charge in [0.25, 0.3) is 5.91 Å². The quantitative estimate of drug-likeness (QED) is 0.0787. The van der Waals surface area contributed by atoms with Crippen LogP contribution in [0.15, 0.2) is 101 Å². The van der Waals surface area contributed by atoms with E-state index in [9.17, 15) is 19.1 Å². The molecule has 0 saturated heterocycles. The van der Waals surface area contributed by atoms with Crippen molar-refractivity contribution >= 4 is 46.0 Å². The number of ketones is 1. The zero-order valence-corrected chi connectivity index (χ0v) is 24.4. The van der Waals surface area contributed by atoms with Crippen molar-refractivity contribution in [3.05, 3.63) is 119 Å². The van der Waals surface area contributed by atoms with Crippen molar-refractivity contribution in [2.75, 3.05) is 11.5 Å². The molecule has 4 aromatic rings. The number of rotatable bonds is 12. The number of aliphatic hydroxyl groups excluding tert-OH is 1. The van der Waals surface area contributed by atoms with Crippen LogP contribution in [0.5, 0.6) is 5.75 Å². The molecule has 1 unspecified atom stereocenters. The second-order valence-corrected chi connectivity index (χ2v) is 11.6. The highest BCUT2D eigenvalue weighted by Gasteiger charge is 2.45. The summed E-state index contributed by atoms with van der Waals surface area (Å²) in [5, 5.41) is 19.6. The van der Waals surface area contributed by atoms with Crippen LogP contribution in [0.25, 0.3) is 6.08 Å². The van der Waals surface area contributed by atoms with Gasteiger partial charge in [0.05, 0.1) is 18.2 Å². The molecule has 1 aliphatic heterocycles. The first kappa shape index (κ1) is 29.2. The third kappa shape index (κ3) is 6.61. The van der Waals surface area contributed by atoms with Crippen LogP contribution in [0, 0.1) is 5.82 Å². The summed E-state index contributed by atoms with van der Waals surface area (Å²) in [5.41, 5.74) is 1.87. The third-order valence-corrected chi connectivity index (χ3v) is 8.68. The maximum Gasteiger partial charge on any atom is 0.296 e. The molecule has 1 aromatic heterocycles. The minimum absolute atomic E-state index is 0.0532. The fourth-order valence-corrected chi connectivity index (χ4v) is 6.24. The van der Waals surface area contributed by atoms with Gasteiger partial charge in [-0.1, -0.05) is 103 Å².